The van der Waals surface area contributed by atoms with E-state index in [0.29, 0.717) is 18.7 Å². The molecule has 3 rings (SSSR count). The number of nitrogens with zero attached hydrogens (tertiary/aromatic N) is 2. The van der Waals surface area contributed by atoms with Gasteiger partial charge in [-0.05, 0) is 36.8 Å². The van der Waals surface area contributed by atoms with Crippen LogP contribution in [0.15, 0.2) is 48.5 Å². The summed E-state index contributed by atoms with van der Waals surface area (Å²) in [6.07, 6.45) is -3.41. The van der Waals surface area contributed by atoms with Crippen molar-refractivity contribution in [3.63, 3.8) is 0 Å². The van der Waals surface area contributed by atoms with Crippen LogP contribution in [0.25, 0.3) is 0 Å². The number of benzene rings is 2. The number of para-hydroxylation sites is 1. The van der Waals surface area contributed by atoms with Gasteiger partial charge in [0.1, 0.15) is 0 Å². The zero-order valence-electron chi connectivity index (χ0n) is 16.2. The summed E-state index contributed by atoms with van der Waals surface area (Å²) in [6, 6.07) is 11.1. The third-order valence-electron chi connectivity index (χ3n) is 4.71. The van der Waals surface area contributed by atoms with Crippen molar-refractivity contribution in [3.8, 4) is 0 Å². The molecule has 1 saturated heterocycles. The Morgan fingerprint density at radius 1 is 1.13 bits per heavy atom. The first-order chi connectivity index (χ1) is 14.2. The maximum absolute atomic E-state index is 13.1. The highest BCUT2D eigenvalue weighted by Gasteiger charge is 2.33. The minimum absolute atomic E-state index is 0.0179. The lowest BCUT2D eigenvalue weighted by Gasteiger charge is -2.20. The Hall–Kier alpha value is -3.36. The highest BCUT2D eigenvalue weighted by atomic mass is 19.4. The second-order valence-electron chi connectivity index (χ2n) is 6.95. The van der Waals surface area contributed by atoms with Crippen LogP contribution in [0.2, 0.25) is 0 Å². The van der Waals surface area contributed by atoms with Crippen LogP contribution in [0.1, 0.15) is 28.8 Å². The van der Waals surface area contributed by atoms with Crippen molar-refractivity contribution in [2.24, 2.45) is 0 Å². The average Bonchev–Trinajstić information content (AvgIpc) is 3.13. The van der Waals surface area contributed by atoms with E-state index in [9.17, 15) is 27.6 Å². The van der Waals surface area contributed by atoms with Gasteiger partial charge < -0.3 is 15.1 Å². The number of rotatable bonds is 5. The Kier molecular flexibility index (Phi) is 6.09. The number of carbonyl (C=O) groups is 3. The standard InChI is InChI=1S/C21H20F3N3O3/c1-26(13-18(28)25-17-9-3-2-8-16(17)21(22,23)24)20(30)14-6-4-7-15(12-14)27-11-5-10-19(27)29/h2-4,6-9,12H,5,10-11,13H2,1H3,(H,25,28). The fourth-order valence-corrected chi connectivity index (χ4v) is 3.26. The minimum Gasteiger partial charge on any atom is -0.332 e. The van der Waals surface area contributed by atoms with Gasteiger partial charge in [0.05, 0.1) is 17.8 Å². The van der Waals surface area contributed by atoms with Gasteiger partial charge in [-0.2, -0.15) is 13.2 Å². The maximum atomic E-state index is 13.1. The van der Waals surface area contributed by atoms with Gasteiger partial charge in [0.2, 0.25) is 11.8 Å². The molecule has 2 aromatic rings. The van der Waals surface area contributed by atoms with Gasteiger partial charge in [-0.15, -0.1) is 0 Å². The molecule has 0 bridgehead atoms. The zero-order valence-corrected chi connectivity index (χ0v) is 16.2. The van der Waals surface area contributed by atoms with Crippen LogP contribution in [-0.2, 0) is 15.8 Å². The molecule has 0 radical (unpaired) electrons. The second-order valence-corrected chi connectivity index (χ2v) is 6.95. The fourth-order valence-electron chi connectivity index (χ4n) is 3.26. The molecule has 0 spiro atoms. The Morgan fingerprint density at radius 2 is 1.87 bits per heavy atom. The van der Waals surface area contributed by atoms with E-state index in [0.717, 1.165) is 23.5 Å². The summed E-state index contributed by atoms with van der Waals surface area (Å²) < 4.78 is 39.2. The molecule has 6 nitrogen and oxygen atoms in total. The lowest BCUT2D eigenvalue weighted by Crippen LogP contribution is -2.35. The van der Waals surface area contributed by atoms with Crippen molar-refractivity contribution in [1.82, 2.24) is 4.90 Å². The van der Waals surface area contributed by atoms with Gasteiger partial charge in [-0.25, -0.2) is 0 Å². The lowest BCUT2D eigenvalue weighted by atomic mass is 10.1. The average molecular weight is 419 g/mol. The van der Waals surface area contributed by atoms with Crippen molar-refractivity contribution in [2.45, 2.75) is 19.0 Å². The van der Waals surface area contributed by atoms with Crippen LogP contribution in [-0.4, -0.2) is 42.8 Å². The topological polar surface area (TPSA) is 69.7 Å². The quantitative estimate of drug-likeness (QED) is 0.806. The molecule has 1 aliphatic heterocycles. The van der Waals surface area contributed by atoms with Gasteiger partial charge >= 0.3 is 6.18 Å². The molecular formula is C21H20F3N3O3. The monoisotopic (exact) mass is 419 g/mol. The van der Waals surface area contributed by atoms with Crippen molar-refractivity contribution in [2.75, 3.05) is 30.4 Å². The Bertz CT molecular complexity index is 975. The number of hydrogen-bond donors (Lipinski definition) is 1. The zero-order chi connectivity index (χ0) is 21.9. The summed E-state index contributed by atoms with van der Waals surface area (Å²) in [5, 5.41) is 2.21. The number of hydrogen-bond acceptors (Lipinski definition) is 3. The van der Waals surface area contributed by atoms with E-state index in [1.807, 2.05) is 0 Å². The predicted molar refractivity (Wildman–Crippen MR) is 105 cm³/mol. The lowest BCUT2D eigenvalue weighted by molar-refractivity contribution is -0.137. The van der Waals surface area contributed by atoms with Crippen LogP contribution in [0.5, 0.6) is 0 Å². The first kappa shape index (κ1) is 21.4. The van der Waals surface area contributed by atoms with E-state index in [-0.39, 0.29) is 17.2 Å². The number of likely N-dealkylation sites (N-methyl/N-ethyl adjacent to an activating group) is 1. The summed E-state index contributed by atoms with van der Waals surface area (Å²) in [5.41, 5.74) is -0.459. The van der Waals surface area contributed by atoms with Gasteiger partial charge in [0.25, 0.3) is 5.91 Å². The van der Waals surface area contributed by atoms with E-state index in [2.05, 4.69) is 5.32 Å². The number of nitrogens with one attached hydrogen (secondary N) is 1. The largest absolute Gasteiger partial charge is 0.418 e. The highest BCUT2D eigenvalue weighted by Crippen LogP contribution is 2.34. The number of carbonyl (C=O) groups excluding carboxylic acids is 3. The molecule has 0 unspecified atom stereocenters. The van der Waals surface area contributed by atoms with Crippen LogP contribution >= 0.6 is 0 Å². The van der Waals surface area contributed by atoms with Crippen molar-refractivity contribution in [3.05, 3.63) is 59.7 Å². The molecule has 2 aromatic carbocycles. The predicted octanol–water partition coefficient (Wildman–Crippen LogP) is 3.54. The Balaban J connectivity index is 1.68. The van der Waals surface area contributed by atoms with Crippen molar-refractivity contribution < 1.29 is 27.6 Å². The SMILES string of the molecule is CN(CC(=O)Nc1ccccc1C(F)(F)F)C(=O)c1cccc(N2CCCC2=O)c1. The van der Waals surface area contributed by atoms with Gasteiger partial charge in [-0.1, -0.05) is 18.2 Å². The van der Waals surface area contributed by atoms with Crippen molar-refractivity contribution in [1.29, 1.82) is 0 Å². The van der Waals surface area contributed by atoms with Crippen molar-refractivity contribution >= 4 is 29.1 Å². The molecule has 3 amide bonds. The molecule has 1 N–H and O–H groups in total. The third-order valence-corrected chi connectivity index (χ3v) is 4.71. The smallest absolute Gasteiger partial charge is 0.332 e. The summed E-state index contributed by atoms with van der Waals surface area (Å²) in [7, 11) is 1.38. The van der Waals surface area contributed by atoms with Crippen LogP contribution in [0.4, 0.5) is 24.5 Å². The van der Waals surface area contributed by atoms with E-state index in [1.165, 1.54) is 19.2 Å². The fraction of sp³-hybridized carbons (Fsp3) is 0.286. The number of amides is 3. The molecular weight excluding hydrogens is 399 g/mol. The molecule has 1 fully saturated rings. The highest BCUT2D eigenvalue weighted by molar-refractivity contribution is 6.01. The molecule has 30 heavy (non-hydrogen) atoms. The molecule has 1 aliphatic rings. The normalized spacial score (nSPS) is 14.0. The molecule has 0 aliphatic carbocycles. The van der Waals surface area contributed by atoms with Gasteiger partial charge in [0.15, 0.2) is 0 Å². The first-order valence-electron chi connectivity index (χ1n) is 9.29. The van der Waals surface area contributed by atoms with Crippen LogP contribution in [0.3, 0.4) is 0 Å². The van der Waals surface area contributed by atoms with Gasteiger partial charge in [0, 0.05) is 31.3 Å². The third kappa shape index (κ3) is 4.79. The Morgan fingerprint density at radius 3 is 2.53 bits per heavy atom. The van der Waals surface area contributed by atoms with E-state index in [1.54, 1.807) is 29.2 Å². The molecule has 0 saturated carbocycles. The minimum atomic E-state index is -4.61. The van der Waals surface area contributed by atoms with Crippen LogP contribution in [0, 0.1) is 0 Å². The number of halogens is 3. The van der Waals surface area contributed by atoms with E-state index < -0.39 is 30.1 Å². The molecule has 9 heteroatoms. The summed E-state index contributed by atoms with van der Waals surface area (Å²) in [6.45, 7) is 0.144. The molecule has 0 aromatic heterocycles. The number of alkyl halides is 3. The van der Waals surface area contributed by atoms with Crippen LogP contribution < -0.4 is 10.2 Å². The summed E-state index contributed by atoms with van der Waals surface area (Å²) in [4.78, 5) is 39.5. The summed E-state index contributed by atoms with van der Waals surface area (Å²) in [5.74, 6) is -1.26. The van der Waals surface area contributed by atoms with Gasteiger partial charge in [-0.3, -0.25) is 14.4 Å². The molecule has 1 heterocycles. The maximum Gasteiger partial charge on any atom is 0.418 e. The number of anilines is 2. The second kappa shape index (κ2) is 8.56. The molecule has 158 valence electrons. The first-order valence-corrected chi connectivity index (χ1v) is 9.29. The Labute approximate surface area is 171 Å². The van der Waals surface area contributed by atoms with E-state index >= 15 is 0 Å². The summed E-state index contributed by atoms with van der Waals surface area (Å²) >= 11 is 0. The molecule has 0 atom stereocenters. The van der Waals surface area contributed by atoms with E-state index in [4.69, 9.17) is 0 Å².